The fourth-order valence-electron chi connectivity index (χ4n) is 2.87. The molecule has 0 radical (unpaired) electrons. The predicted octanol–water partition coefficient (Wildman–Crippen LogP) is 3.57. The van der Waals surface area contributed by atoms with Crippen LogP contribution in [0.5, 0.6) is 5.75 Å². The highest BCUT2D eigenvalue weighted by molar-refractivity contribution is 5.95. The van der Waals surface area contributed by atoms with Crippen LogP contribution in [0.4, 0.5) is 5.69 Å². The number of benzene rings is 2. The molecule has 1 heterocycles. The van der Waals surface area contributed by atoms with E-state index in [4.69, 9.17) is 4.74 Å². The SMILES string of the molecule is Cc1ccc(COc2ccc(NC(=O)C3CCCN3)cc2C)cc1. The van der Waals surface area contributed by atoms with Crippen molar-refractivity contribution in [1.29, 1.82) is 0 Å². The number of carbonyl (C=O) groups excluding carboxylic acids is 1. The van der Waals surface area contributed by atoms with E-state index in [1.165, 1.54) is 5.56 Å². The van der Waals surface area contributed by atoms with Gasteiger partial charge in [-0.1, -0.05) is 29.8 Å². The van der Waals surface area contributed by atoms with Crippen LogP contribution in [0.25, 0.3) is 0 Å². The van der Waals surface area contributed by atoms with Crippen molar-refractivity contribution in [1.82, 2.24) is 5.32 Å². The van der Waals surface area contributed by atoms with E-state index in [9.17, 15) is 4.79 Å². The van der Waals surface area contributed by atoms with Gasteiger partial charge in [0.15, 0.2) is 0 Å². The number of hydrogen-bond acceptors (Lipinski definition) is 3. The molecule has 24 heavy (non-hydrogen) atoms. The molecule has 126 valence electrons. The second-order valence-electron chi connectivity index (χ2n) is 6.39. The van der Waals surface area contributed by atoms with Gasteiger partial charge in [-0.05, 0) is 62.6 Å². The number of ether oxygens (including phenoxy) is 1. The van der Waals surface area contributed by atoms with Gasteiger partial charge in [0.1, 0.15) is 12.4 Å². The first-order valence-electron chi connectivity index (χ1n) is 8.45. The fraction of sp³-hybridized carbons (Fsp3) is 0.350. The van der Waals surface area contributed by atoms with E-state index in [1.807, 2.05) is 25.1 Å². The summed E-state index contributed by atoms with van der Waals surface area (Å²) in [5, 5.41) is 6.18. The van der Waals surface area contributed by atoms with Gasteiger partial charge in [0.05, 0.1) is 6.04 Å². The molecule has 1 unspecified atom stereocenters. The van der Waals surface area contributed by atoms with Gasteiger partial charge >= 0.3 is 0 Å². The third-order valence-corrected chi connectivity index (χ3v) is 4.33. The summed E-state index contributed by atoms with van der Waals surface area (Å²) in [5.74, 6) is 0.882. The van der Waals surface area contributed by atoms with Crippen molar-refractivity contribution in [3.63, 3.8) is 0 Å². The third-order valence-electron chi connectivity index (χ3n) is 4.33. The Balaban J connectivity index is 1.59. The molecule has 1 aliphatic heterocycles. The van der Waals surface area contributed by atoms with Gasteiger partial charge in [-0.2, -0.15) is 0 Å². The Morgan fingerprint density at radius 2 is 2.00 bits per heavy atom. The highest BCUT2D eigenvalue weighted by atomic mass is 16.5. The molecule has 4 heteroatoms. The number of anilines is 1. The largest absolute Gasteiger partial charge is 0.489 e. The summed E-state index contributed by atoms with van der Waals surface area (Å²) in [4.78, 5) is 12.1. The lowest BCUT2D eigenvalue weighted by Gasteiger charge is -2.14. The summed E-state index contributed by atoms with van der Waals surface area (Å²) in [6.07, 6.45) is 1.96. The maximum atomic E-state index is 12.1. The predicted molar refractivity (Wildman–Crippen MR) is 96.3 cm³/mol. The van der Waals surface area contributed by atoms with Crippen molar-refractivity contribution in [2.45, 2.75) is 39.3 Å². The van der Waals surface area contributed by atoms with E-state index in [1.54, 1.807) is 0 Å². The van der Waals surface area contributed by atoms with Gasteiger partial charge in [0.2, 0.25) is 5.91 Å². The van der Waals surface area contributed by atoms with Gasteiger partial charge in [-0.3, -0.25) is 4.79 Å². The number of hydrogen-bond donors (Lipinski definition) is 2. The number of nitrogens with one attached hydrogen (secondary N) is 2. The first-order valence-corrected chi connectivity index (χ1v) is 8.45. The van der Waals surface area contributed by atoms with Crippen LogP contribution in [0.1, 0.15) is 29.5 Å². The highest BCUT2D eigenvalue weighted by Gasteiger charge is 2.21. The standard InChI is InChI=1S/C20H24N2O2/c1-14-5-7-16(8-6-14)13-24-19-10-9-17(12-15(19)2)22-20(23)18-4-3-11-21-18/h5-10,12,18,21H,3-4,11,13H2,1-2H3,(H,22,23). The lowest BCUT2D eigenvalue weighted by molar-refractivity contribution is -0.117. The van der Waals surface area contributed by atoms with Crippen LogP contribution in [-0.4, -0.2) is 18.5 Å². The molecule has 0 aliphatic carbocycles. The zero-order valence-corrected chi connectivity index (χ0v) is 14.3. The Hall–Kier alpha value is -2.33. The molecule has 1 aliphatic rings. The van der Waals surface area contributed by atoms with Crippen molar-refractivity contribution in [3.8, 4) is 5.75 Å². The zero-order chi connectivity index (χ0) is 16.9. The Bertz CT molecular complexity index is 704. The second-order valence-corrected chi connectivity index (χ2v) is 6.39. The van der Waals surface area contributed by atoms with Gasteiger partial charge < -0.3 is 15.4 Å². The molecule has 1 atom stereocenters. The molecule has 1 saturated heterocycles. The maximum absolute atomic E-state index is 12.1. The highest BCUT2D eigenvalue weighted by Crippen LogP contribution is 2.23. The van der Waals surface area contributed by atoms with E-state index < -0.39 is 0 Å². The molecule has 0 spiro atoms. The van der Waals surface area contributed by atoms with Crippen LogP contribution in [-0.2, 0) is 11.4 Å². The molecule has 0 saturated carbocycles. The molecule has 2 aromatic rings. The van der Waals surface area contributed by atoms with Gasteiger partial charge in [-0.15, -0.1) is 0 Å². The van der Waals surface area contributed by atoms with E-state index >= 15 is 0 Å². The van der Waals surface area contributed by atoms with E-state index in [0.29, 0.717) is 6.61 Å². The van der Waals surface area contributed by atoms with Gasteiger partial charge in [-0.25, -0.2) is 0 Å². The minimum absolute atomic E-state index is 0.0419. The summed E-state index contributed by atoms with van der Waals surface area (Å²) in [7, 11) is 0. The summed E-state index contributed by atoms with van der Waals surface area (Å²) in [6, 6.07) is 14.0. The molecule has 0 bridgehead atoms. The quantitative estimate of drug-likeness (QED) is 0.884. The first-order chi connectivity index (χ1) is 11.6. The first kappa shape index (κ1) is 16.5. The zero-order valence-electron chi connectivity index (χ0n) is 14.3. The summed E-state index contributed by atoms with van der Waals surface area (Å²) < 4.78 is 5.90. The second kappa shape index (κ2) is 7.49. The summed E-state index contributed by atoms with van der Waals surface area (Å²) in [6.45, 7) is 5.53. The molecule has 4 nitrogen and oxygen atoms in total. The molecule has 1 amide bonds. The van der Waals surface area contributed by atoms with Crippen molar-refractivity contribution >= 4 is 11.6 Å². The van der Waals surface area contributed by atoms with Gasteiger partial charge in [0, 0.05) is 5.69 Å². The molecule has 2 aromatic carbocycles. The molecular weight excluding hydrogens is 300 g/mol. The molecular formula is C20H24N2O2. The molecule has 1 fully saturated rings. The molecule has 3 rings (SSSR count). The smallest absolute Gasteiger partial charge is 0.241 e. The number of carbonyl (C=O) groups is 1. The molecule has 2 N–H and O–H groups in total. The Kier molecular flexibility index (Phi) is 5.16. The fourth-order valence-corrected chi connectivity index (χ4v) is 2.87. The average molecular weight is 324 g/mol. The third kappa shape index (κ3) is 4.15. The van der Waals surface area contributed by atoms with E-state index in [-0.39, 0.29) is 11.9 Å². The topological polar surface area (TPSA) is 50.4 Å². The Labute approximate surface area is 143 Å². The van der Waals surface area contributed by atoms with E-state index in [0.717, 1.165) is 42.0 Å². The minimum atomic E-state index is -0.0669. The Morgan fingerprint density at radius 1 is 1.21 bits per heavy atom. The number of rotatable bonds is 5. The summed E-state index contributed by atoms with van der Waals surface area (Å²) >= 11 is 0. The van der Waals surface area contributed by atoms with Crippen molar-refractivity contribution in [2.75, 3.05) is 11.9 Å². The van der Waals surface area contributed by atoms with Crippen LogP contribution >= 0.6 is 0 Å². The lowest BCUT2D eigenvalue weighted by Crippen LogP contribution is -2.35. The van der Waals surface area contributed by atoms with E-state index in [2.05, 4.69) is 41.8 Å². The van der Waals surface area contributed by atoms with Crippen LogP contribution in [0.2, 0.25) is 0 Å². The monoisotopic (exact) mass is 324 g/mol. The van der Waals surface area contributed by atoms with Crippen LogP contribution in [0, 0.1) is 13.8 Å². The molecule has 0 aromatic heterocycles. The summed E-state index contributed by atoms with van der Waals surface area (Å²) in [5.41, 5.74) is 4.21. The maximum Gasteiger partial charge on any atom is 0.241 e. The van der Waals surface area contributed by atoms with Crippen LogP contribution in [0.3, 0.4) is 0 Å². The van der Waals surface area contributed by atoms with Crippen LogP contribution in [0.15, 0.2) is 42.5 Å². The normalized spacial score (nSPS) is 16.8. The number of amides is 1. The van der Waals surface area contributed by atoms with Crippen LogP contribution < -0.4 is 15.4 Å². The average Bonchev–Trinajstić information content (AvgIpc) is 3.10. The Morgan fingerprint density at radius 3 is 2.67 bits per heavy atom. The van der Waals surface area contributed by atoms with Crippen molar-refractivity contribution in [3.05, 3.63) is 59.2 Å². The van der Waals surface area contributed by atoms with Crippen molar-refractivity contribution < 1.29 is 9.53 Å². The minimum Gasteiger partial charge on any atom is -0.489 e. The van der Waals surface area contributed by atoms with Crippen molar-refractivity contribution in [2.24, 2.45) is 0 Å². The lowest BCUT2D eigenvalue weighted by atomic mass is 10.1. The van der Waals surface area contributed by atoms with Gasteiger partial charge in [0.25, 0.3) is 0 Å². The number of aryl methyl sites for hydroxylation is 2.